The average molecular weight is 196 g/mol. The van der Waals surface area contributed by atoms with Crippen LogP contribution in [0.5, 0.6) is 11.5 Å². The number of benzene rings is 1. The molecule has 3 nitrogen and oxygen atoms in total. The molecule has 0 spiro atoms. The van der Waals surface area contributed by atoms with Crippen LogP contribution in [0.4, 0.5) is 0 Å². The predicted molar refractivity (Wildman–Crippen MR) is 54.7 cm³/mol. The van der Waals surface area contributed by atoms with Gasteiger partial charge in [0.25, 0.3) is 0 Å². The lowest BCUT2D eigenvalue weighted by Crippen LogP contribution is -2.01. The van der Waals surface area contributed by atoms with Crippen molar-refractivity contribution < 1.29 is 14.9 Å². The SMILES string of the molecule is COc1cccc(CC[C@H](C)O)c1O. The molecule has 3 heteroatoms. The largest absolute Gasteiger partial charge is 0.504 e. The van der Waals surface area contributed by atoms with Gasteiger partial charge < -0.3 is 14.9 Å². The number of aliphatic hydroxyl groups is 1. The molecule has 2 N–H and O–H groups in total. The zero-order valence-corrected chi connectivity index (χ0v) is 8.53. The zero-order chi connectivity index (χ0) is 10.6. The Morgan fingerprint density at radius 3 is 2.71 bits per heavy atom. The molecular formula is C11H16O3. The number of phenolic OH excluding ortho intramolecular Hbond substituents is 1. The number of hydrogen-bond acceptors (Lipinski definition) is 3. The van der Waals surface area contributed by atoms with Crippen LogP contribution >= 0.6 is 0 Å². The number of aromatic hydroxyl groups is 1. The third kappa shape index (κ3) is 2.64. The van der Waals surface area contributed by atoms with Crippen LogP contribution in [0.2, 0.25) is 0 Å². The molecule has 0 saturated heterocycles. The van der Waals surface area contributed by atoms with E-state index < -0.39 is 0 Å². The van der Waals surface area contributed by atoms with Gasteiger partial charge in [-0.1, -0.05) is 12.1 Å². The number of ether oxygens (including phenoxy) is 1. The molecule has 0 heterocycles. The fourth-order valence-corrected chi connectivity index (χ4v) is 1.30. The van der Waals surface area contributed by atoms with Crippen LogP contribution in [-0.2, 0) is 6.42 Å². The predicted octanol–water partition coefficient (Wildman–Crippen LogP) is 1.71. The number of para-hydroxylation sites is 1. The first-order chi connectivity index (χ1) is 6.65. The van der Waals surface area contributed by atoms with Gasteiger partial charge in [-0.25, -0.2) is 0 Å². The number of aryl methyl sites for hydroxylation is 1. The second-order valence-electron chi connectivity index (χ2n) is 3.36. The molecular weight excluding hydrogens is 180 g/mol. The first-order valence-electron chi connectivity index (χ1n) is 4.68. The summed E-state index contributed by atoms with van der Waals surface area (Å²) in [5, 5.41) is 18.8. The molecule has 0 unspecified atom stereocenters. The first kappa shape index (κ1) is 10.9. The first-order valence-corrected chi connectivity index (χ1v) is 4.68. The second-order valence-corrected chi connectivity index (χ2v) is 3.36. The van der Waals surface area contributed by atoms with Crippen molar-refractivity contribution in [1.29, 1.82) is 0 Å². The Morgan fingerprint density at radius 1 is 1.43 bits per heavy atom. The fourth-order valence-electron chi connectivity index (χ4n) is 1.30. The average Bonchev–Trinajstić information content (AvgIpc) is 2.16. The maximum absolute atomic E-state index is 9.70. The molecule has 0 aliphatic rings. The van der Waals surface area contributed by atoms with Crippen LogP contribution < -0.4 is 4.74 Å². The maximum Gasteiger partial charge on any atom is 0.160 e. The van der Waals surface area contributed by atoms with Crippen LogP contribution in [0.15, 0.2) is 18.2 Å². The van der Waals surface area contributed by atoms with Gasteiger partial charge in [-0.15, -0.1) is 0 Å². The highest BCUT2D eigenvalue weighted by molar-refractivity contribution is 5.45. The van der Waals surface area contributed by atoms with Crippen molar-refractivity contribution in [2.75, 3.05) is 7.11 Å². The fraction of sp³-hybridized carbons (Fsp3) is 0.455. The van der Waals surface area contributed by atoms with Crippen LogP contribution in [0, 0.1) is 0 Å². The molecule has 1 atom stereocenters. The summed E-state index contributed by atoms with van der Waals surface area (Å²) in [5.74, 6) is 0.656. The van der Waals surface area contributed by atoms with Crippen molar-refractivity contribution in [1.82, 2.24) is 0 Å². The number of methoxy groups -OCH3 is 1. The summed E-state index contributed by atoms with van der Waals surface area (Å²) < 4.78 is 4.98. The zero-order valence-electron chi connectivity index (χ0n) is 8.53. The number of aliphatic hydroxyl groups excluding tert-OH is 1. The highest BCUT2D eigenvalue weighted by Gasteiger charge is 2.07. The van der Waals surface area contributed by atoms with E-state index in [2.05, 4.69) is 0 Å². The Kier molecular flexibility index (Phi) is 3.77. The minimum absolute atomic E-state index is 0.177. The van der Waals surface area contributed by atoms with Gasteiger partial charge in [0.05, 0.1) is 13.2 Å². The topological polar surface area (TPSA) is 49.7 Å². The number of hydrogen-bond donors (Lipinski definition) is 2. The molecule has 1 rings (SSSR count). The van der Waals surface area contributed by atoms with E-state index in [0.29, 0.717) is 18.6 Å². The lowest BCUT2D eigenvalue weighted by molar-refractivity contribution is 0.184. The van der Waals surface area contributed by atoms with Crippen molar-refractivity contribution in [3.63, 3.8) is 0 Å². The summed E-state index contributed by atoms with van der Waals surface area (Å²) in [6.07, 6.45) is 0.946. The van der Waals surface area contributed by atoms with E-state index in [9.17, 15) is 5.11 Å². The van der Waals surface area contributed by atoms with Crippen molar-refractivity contribution >= 4 is 0 Å². The second kappa shape index (κ2) is 4.86. The summed E-state index contributed by atoms with van der Waals surface area (Å²) in [6, 6.07) is 5.37. The van der Waals surface area contributed by atoms with Gasteiger partial charge in [-0.3, -0.25) is 0 Å². The summed E-state index contributed by atoms with van der Waals surface area (Å²) in [5.41, 5.74) is 0.810. The van der Waals surface area contributed by atoms with Crippen LogP contribution in [0.25, 0.3) is 0 Å². The van der Waals surface area contributed by atoms with Crippen LogP contribution in [-0.4, -0.2) is 23.4 Å². The third-order valence-corrected chi connectivity index (χ3v) is 2.13. The van der Waals surface area contributed by atoms with Gasteiger partial charge in [-0.05, 0) is 31.4 Å². The normalized spacial score (nSPS) is 12.5. The van der Waals surface area contributed by atoms with Gasteiger partial charge in [0.2, 0.25) is 0 Å². The van der Waals surface area contributed by atoms with Gasteiger partial charge in [0, 0.05) is 0 Å². The standard InChI is InChI=1S/C11H16O3/c1-8(12)6-7-9-4-3-5-10(14-2)11(9)13/h3-5,8,12-13H,6-7H2,1-2H3/t8-/m0/s1. The summed E-state index contributed by atoms with van der Waals surface area (Å²) in [4.78, 5) is 0. The highest BCUT2D eigenvalue weighted by atomic mass is 16.5. The molecule has 0 saturated carbocycles. The van der Waals surface area contributed by atoms with E-state index in [0.717, 1.165) is 5.56 Å². The van der Waals surface area contributed by atoms with Gasteiger partial charge >= 0.3 is 0 Å². The Balaban J connectivity index is 2.76. The van der Waals surface area contributed by atoms with E-state index in [1.165, 1.54) is 7.11 Å². The van der Waals surface area contributed by atoms with Gasteiger partial charge in [0.15, 0.2) is 11.5 Å². The Bertz CT molecular complexity index is 295. The van der Waals surface area contributed by atoms with Crippen molar-refractivity contribution in [2.45, 2.75) is 25.9 Å². The van der Waals surface area contributed by atoms with E-state index in [1.807, 2.05) is 12.1 Å². The highest BCUT2D eigenvalue weighted by Crippen LogP contribution is 2.30. The minimum atomic E-state index is -0.347. The van der Waals surface area contributed by atoms with E-state index in [-0.39, 0.29) is 11.9 Å². The van der Waals surface area contributed by atoms with Crippen molar-refractivity contribution in [3.05, 3.63) is 23.8 Å². The van der Waals surface area contributed by atoms with Gasteiger partial charge in [-0.2, -0.15) is 0 Å². The number of phenols is 1. The number of rotatable bonds is 4. The molecule has 0 amide bonds. The van der Waals surface area contributed by atoms with Crippen LogP contribution in [0.1, 0.15) is 18.9 Å². The molecule has 0 aliphatic carbocycles. The van der Waals surface area contributed by atoms with Gasteiger partial charge in [0.1, 0.15) is 0 Å². The Morgan fingerprint density at radius 2 is 2.14 bits per heavy atom. The third-order valence-electron chi connectivity index (χ3n) is 2.13. The molecule has 0 aliphatic heterocycles. The smallest absolute Gasteiger partial charge is 0.160 e. The minimum Gasteiger partial charge on any atom is -0.504 e. The molecule has 0 fully saturated rings. The molecule has 0 radical (unpaired) electrons. The maximum atomic E-state index is 9.70. The van der Waals surface area contributed by atoms with Crippen molar-refractivity contribution in [2.24, 2.45) is 0 Å². The van der Waals surface area contributed by atoms with E-state index >= 15 is 0 Å². The lowest BCUT2D eigenvalue weighted by Gasteiger charge is -2.09. The van der Waals surface area contributed by atoms with E-state index in [1.54, 1.807) is 13.0 Å². The molecule has 14 heavy (non-hydrogen) atoms. The lowest BCUT2D eigenvalue weighted by atomic mass is 10.1. The van der Waals surface area contributed by atoms with Crippen LogP contribution in [0.3, 0.4) is 0 Å². The summed E-state index contributed by atoms with van der Waals surface area (Å²) in [6.45, 7) is 1.73. The Labute approximate surface area is 84.0 Å². The molecule has 0 aromatic heterocycles. The Hall–Kier alpha value is -1.22. The summed E-state index contributed by atoms with van der Waals surface area (Å²) >= 11 is 0. The quantitative estimate of drug-likeness (QED) is 0.770. The molecule has 1 aromatic carbocycles. The monoisotopic (exact) mass is 196 g/mol. The molecule has 0 bridgehead atoms. The summed E-state index contributed by atoms with van der Waals surface area (Å²) in [7, 11) is 1.52. The molecule has 78 valence electrons. The molecule has 1 aromatic rings. The van der Waals surface area contributed by atoms with Crippen molar-refractivity contribution in [3.8, 4) is 11.5 Å². The van der Waals surface area contributed by atoms with E-state index in [4.69, 9.17) is 9.84 Å².